The van der Waals surface area contributed by atoms with Crippen LogP contribution in [0.5, 0.6) is 0 Å². The van der Waals surface area contributed by atoms with Gasteiger partial charge in [-0.05, 0) is 48.9 Å². The summed E-state index contributed by atoms with van der Waals surface area (Å²) in [4.78, 5) is 32.1. The third kappa shape index (κ3) is 3.63. The summed E-state index contributed by atoms with van der Waals surface area (Å²) in [5.41, 5.74) is 3.38. The standard InChI is InChI=1S/C27H30N4O2/c1-18(2)20-13-15-23(16-14-20)30-25-24(26(32)31(27(30)33)22-11-7-8-12-22)29(17-28-25)19(3)21-9-5-4-6-10-21/h4-6,9-10,13-19,22H,7-8,11-12H2,1-3H3. The van der Waals surface area contributed by atoms with Gasteiger partial charge in [-0.2, -0.15) is 0 Å². The number of rotatable bonds is 5. The van der Waals surface area contributed by atoms with Crippen LogP contribution in [-0.2, 0) is 0 Å². The average molecular weight is 443 g/mol. The summed E-state index contributed by atoms with van der Waals surface area (Å²) in [6, 6.07) is 17.9. The molecule has 1 saturated carbocycles. The van der Waals surface area contributed by atoms with E-state index in [9.17, 15) is 9.59 Å². The van der Waals surface area contributed by atoms with Crippen molar-refractivity contribution in [3.8, 4) is 5.69 Å². The Kier molecular flexibility index (Phi) is 5.52. The molecule has 0 radical (unpaired) electrons. The molecule has 1 unspecified atom stereocenters. The highest BCUT2D eigenvalue weighted by Crippen LogP contribution is 2.29. The maximum Gasteiger partial charge on any atom is 0.337 e. The van der Waals surface area contributed by atoms with Crippen LogP contribution in [0, 0.1) is 0 Å². The number of nitrogens with zero attached hydrogens (tertiary/aromatic N) is 4. The molecule has 1 fully saturated rings. The van der Waals surface area contributed by atoms with E-state index in [-0.39, 0.29) is 23.3 Å². The normalized spacial score (nSPS) is 15.5. The Morgan fingerprint density at radius 1 is 0.879 bits per heavy atom. The van der Waals surface area contributed by atoms with Gasteiger partial charge in [-0.15, -0.1) is 0 Å². The minimum absolute atomic E-state index is 0.0639. The summed E-state index contributed by atoms with van der Waals surface area (Å²) in [6.07, 6.45) is 5.49. The summed E-state index contributed by atoms with van der Waals surface area (Å²) < 4.78 is 5.02. The second kappa shape index (κ2) is 8.50. The van der Waals surface area contributed by atoms with E-state index in [1.54, 1.807) is 10.9 Å². The zero-order chi connectivity index (χ0) is 23.1. The van der Waals surface area contributed by atoms with Crippen molar-refractivity contribution in [2.45, 2.75) is 64.5 Å². The number of hydrogen-bond acceptors (Lipinski definition) is 3. The van der Waals surface area contributed by atoms with Gasteiger partial charge in [0.1, 0.15) is 0 Å². The minimum atomic E-state index is -0.297. The Morgan fingerprint density at radius 3 is 2.18 bits per heavy atom. The molecule has 0 aliphatic heterocycles. The van der Waals surface area contributed by atoms with Gasteiger partial charge in [0.05, 0.1) is 18.1 Å². The average Bonchev–Trinajstić information content (AvgIpc) is 3.50. The van der Waals surface area contributed by atoms with Gasteiger partial charge in [-0.1, -0.05) is 69.2 Å². The van der Waals surface area contributed by atoms with E-state index in [2.05, 4.69) is 25.8 Å². The van der Waals surface area contributed by atoms with Crippen molar-refractivity contribution in [2.75, 3.05) is 0 Å². The van der Waals surface area contributed by atoms with Crippen molar-refractivity contribution >= 4 is 11.2 Å². The van der Waals surface area contributed by atoms with Crippen LogP contribution < -0.4 is 11.2 Å². The first-order valence-corrected chi connectivity index (χ1v) is 11.9. The number of hydrogen-bond donors (Lipinski definition) is 0. The summed E-state index contributed by atoms with van der Waals surface area (Å²) in [7, 11) is 0. The van der Waals surface area contributed by atoms with Gasteiger partial charge in [-0.3, -0.25) is 9.36 Å². The molecule has 2 aromatic carbocycles. The molecule has 5 rings (SSSR count). The monoisotopic (exact) mass is 442 g/mol. The van der Waals surface area contributed by atoms with E-state index in [1.807, 2.05) is 59.2 Å². The summed E-state index contributed by atoms with van der Waals surface area (Å²) in [5.74, 6) is 0.397. The molecule has 33 heavy (non-hydrogen) atoms. The molecule has 2 aromatic heterocycles. The predicted octanol–water partition coefficient (Wildman–Crippen LogP) is 5.20. The lowest BCUT2D eigenvalue weighted by Crippen LogP contribution is -2.42. The first-order chi connectivity index (χ1) is 16.0. The second-order valence-electron chi connectivity index (χ2n) is 9.39. The van der Waals surface area contributed by atoms with Gasteiger partial charge in [0.25, 0.3) is 5.56 Å². The topological polar surface area (TPSA) is 61.8 Å². The van der Waals surface area contributed by atoms with Gasteiger partial charge in [0.2, 0.25) is 0 Å². The molecular formula is C27H30N4O2. The quantitative estimate of drug-likeness (QED) is 0.427. The molecule has 170 valence electrons. The molecule has 6 nitrogen and oxygen atoms in total. The van der Waals surface area contributed by atoms with Gasteiger partial charge in [0, 0.05) is 6.04 Å². The number of imidazole rings is 1. The Balaban J connectivity index is 1.78. The van der Waals surface area contributed by atoms with E-state index in [0.717, 1.165) is 36.9 Å². The minimum Gasteiger partial charge on any atom is -0.317 e. The van der Waals surface area contributed by atoms with E-state index in [1.165, 1.54) is 10.1 Å². The smallest absolute Gasteiger partial charge is 0.317 e. The van der Waals surface area contributed by atoms with Crippen LogP contribution in [0.3, 0.4) is 0 Å². The SMILES string of the molecule is CC(C)c1ccc(-n2c(=O)n(C3CCCC3)c(=O)c3c2ncn3C(C)c2ccccc2)cc1. The third-order valence-corrected chi connectivity index (χ3v) is 7.01. The molecule has 1 aliphatic rings. The molecule has 2 heterocycles. The Morgan fingerprint density at radius 2 is 1.55 bits per heavy atom. The van der Waals surface area contributed by atoms with Crippen molar-refractivity contribution in [1.82, 2.24) is 18.7 Å². The molecule has 1 aliphatic carbocycles. The van der Waals surface area contributed by atoms with Crippen molar-refractivity contribution in [1.29, 1.82) is 0 Å². The lowest BCUT2D eigenvalue weighted by molar-refractivity contribution is 0.474. The lowest BCUT2D eigenvalue weighted by atomic mass is 10.0. The van der Waals surface area contributed by atoms with Crippen LogP contribution in [0.4, 0.5) is 0 Å². The van der Waals surface area contributed by atoms with Gasteiger partial charge < -0.3 is 4.57 Å². The van der Waals surface area contributed by atoms with Gasteiger partial charge >= 0.3 is 5.69 Å². The Bertz CT molecular complexity index is 1390. The highest BCUT2D eigenvalue weighted by atomic mass is 16.2. The van der Waals surface area contributed by atoms with E-state index in [4.69, 9.17) is 0 Å². The van der Waals surface area contributed by atoms with Crippen LogP contribution in [0.25, 0.3) is 16.9 Å². The largest absolute Gasteiger partial charge is 0.337 e. The van der Waals surface area contributed by atoms with Gasteiger partial charge in [-0.25, -0.2) is 14.3 Å². The fraction of sp³-hybridized carbons (Fsp3) is 0.370. The third-order valence-electron chi connectivity index (χ3n) is 7.01. The fourth-order valence-corrected chi connectivity index (χ4v) is 5.03. The molecule has 0 amide bonds. The number of benzene rings is 2. The molecule has 0 N–H and O–H groups in total. The zero-order valence-electron chi connectivity index (χ0n) is 19.4. The van der Waals surface area contributed by atoms with Crippen LogP contribution in [0.2, 0.25) is 0 Å². The lowest BCUT2D eigenvalue weighted by Gasteiger charge is -2.19. The molecule has 0 bridgehead atoms. The zero-order valence-corrected chi connectivity index (χ0v) is 19.4. The highest BCUT2D eigenvalue weighted by molar-refractivity contribution is 5.73. The van der Waals surface area contributed by atoms with Crippen LogP contribution >= 0.6 is 0 Å². The molecule has 0 spiro atoms. The summed E-state index contributed by atoms with van der Waals surface area (Å²) in [6.45, 7) is 6.35. The first-order valence-electron chi connectivity index (χ1n) is 11.9. The predicted molar refractivity (Wildman–Crippen MR) is 131 cm³/mol. The van der Waals surface area contributed by atoms with E-state index < -0.39 is 0 Å². The van der Waals surface area contributed by atoms with Crippen LogP contribution in [0.15, 0.2) is 70.5 Å². The maximum absolute atomic E-state index is 13.8. The van der Waals surface area contributed by atoms with Crippen molar-refractivity contribution in [2.24, 2.45) is 0 Å². The molecular weight excluding hydrogens is 412 g/mol. The molecule has 4 aromatic rings. The van der Waals surface area contributed by atoms with Crippen molar-refractivity contribution < 1.29 is 0 Å². The first kappa shape index (κ1) is 21.4. The summed E-state index contributed by atoms with van der Waals surface area (Å²) in [5, 5.41) is 0. The Labute approximate surface area is 193 Å². The summed E-state index contributed by atoms with van der Waals surface area (Å²) >= 11 is 0. The fourth-order valence-electron chi connectivity index (χ4n) is 5.03. The highest BCUT2D eigenvalue weighted by Gasteiger charge is 2.27. The number of fused-ring (bicyclic) bond motifs is 1. The van der Waals surface area contributed by atoms with E-state index >= 15 is 0 Å². The maximum atomic E-state index is 13.8. The number of aromatic nitrogens is 4. The van der Waals surface area contributed by atoms with Crippen molar-refractivity contribution in [3.63, 3.8) is 0 Å². The van der Waals surface area contributed by atoms with Crippen LogP contribution in [0.1, 0.15) is 75.6 Å². The second-order valence-corrected chi connectivity index (χ2v) is 9.39. The van der Waals surface area contributed by atoms with Crippen LogP contribution in [-0.4, -0.2) is 18.7 Å². The van der Waals surface area contributed by atoms with Crippen molar-refractivity contribution in [3.05, 3.63) is 92.9 Å². The molecule has 0 saturated heterocycles. The molecule has 1 atom stereocenters. The van der Waals surface area contributed by atoms with Gasteiger partial charge in [0.15, 0.2) is 11.2 Å². The Hall–Kier alpha value is -3.41. The molecule has 6 heteroatoms. The van der Waals surface area contributed by atoms with E-state index in [0.29, 0.717) is 17.1 Å².